The first-order valence-corrected chi connectivity index (χ1v) is 7.00. The van der Waals surface area contributed by atoms with Gasteiger partial charge in [-0.25, -0.2) is 0 Å². The summed E-state index contributed by atoms with van der Waals surface area (Å²) < 4.78 is 10.4. The minimum absolute atomic E-state index is 0.0737. The molecule has 1 aromatic rings. The Morgan fingerprint density at radius 1 is 1.33 bits per heavy atom. The molecule has 114 valence electrons. The van der Waals surface area contributed by atoms with Crippen molar-refractivity contribution < 1.29 is 14.7 Å². The molecule has 5 nitrogen and oxygen atoms in total. The number of hydrogen-bond donors (Lipinski definition) is 1. The smallest absolute Gasteiger partial charge is 0.146 e. The molecule has 0 spiro atoms. The fourth-order valence-corrected chi connectivity index (χ4v) is 2.49. The molecule has 0 amide bonds. The van der Waals surface area contributed by atoms with Gasteiger partial charge in [-0.05, 0) is 18.1 Å². The number of hydrogen-bond acceptors (Lipinski definition) is 5. The Morgan fingerprint density at radius 2 is 2.10 bits per heavy atom. The van der Waals surface area contributed by atoms with Gasteiger partial charge in [-0.2, -0.15) is 0 Å². The molecule has 1 heterocycles. The van der Waals surface area contributed by atoms with Gasteiger partial charge in [0.15, 0.2) is 0 Å². The zero-order valence-corrected chi connectivity index (χ0v) is 12.5. The van der Waals surface area contributed by atoms with Crippen LogP contribution in [-0.4, -0.2) is 48.9 Å². The Morgan fingerprint density at radius 3 is 2.76 bits per heavy atom. The van der Waals surface area contributed by atoms with Crippen LogP contribution in [0.15, 0.2) is 47.1 Å². The second-order valence-electron chi connectivity index (χ2n) is 5.08. The maximum atomic E-state index is 9.31. The summed E-state index contributed by atoms with van der Waals surface area (Å²) in [6, 6.07) is 10.2. The minimum Gasteiger partial charge on any atom is -0.411 e. The second-order valence-corrected chi connectivity index (χ2v) is 5.08. The van der Waals surface area contributed by atoms with Gasteiger partial charge < -0.3 is 14.7 Å². The number of rotatable bonds is 6. The third-order valence-electron chi connectivity index (χ3n) is 3.61. The van der Waals surface area contributed by atoms with Crippen molar-refractivity contribution in [3.63, 3.8) is 0 Å². The lowest BCUT2D eigenvalue weighted by atomic mass is 9.98. The summed E-state index contributed by atoms with van der Waals surface area (Å²) in [7, 11) is 1.59. The molecule has 0 radical (unpaired) electrons. The molecule has 1 aliphatic rings. The lowest BCUT2D eigenvalue weighted by molar-refractivity contribution is -0.0435. The highest BCUT2D eigenvalue weighted by Gasteiger charge is 2.29. The summed E-state index contributed by atoms with van der Waals surface area (Å²) in [6.07, 6.45) is 2.07. The van der Waals surface area contributed by atoms with Gasteiger partial charge in [0.1, 0.15) is 12.5 Å². The molecule has 1 aromatic carbocycles. The van der Waals surface area contributed by atoms with Crippen molar-refractivity contribution >= 4 is 5.71 Å². The molecule has 2 rings (SSSR count). The van der Waals surface area contributed by atoms with E-state index in [4.69, 9.17) is 9.47 Å². The van der Waals surface area contributed by atoms with E-state index < -0.39 is 0 Å². The highest BCUT2D eigenvalue weighted by molar-refractivity contribution is 6.04. The molecule has 0 bridgehead atoms. The maximum absolute atomic E-state index is 9.31. The summed E-state index contributed by atoms with van der Waals surface area (Å²) in [4.78, 5) is 2.23. The number of methoxy groups -OCH3 is 1. The van der Waals surface area contributed by atoms with Gasteiger partial charge in [-0.3, -0.25) is 4.90 Å². The van der Waals surface area contributed by atoms with E-state index in [0.29, 0.717) is 12.3 Å². The molecule has 0 aromatic heterocycles. The monoisotopic (exact) mass is 290 g/mol. The Balaban J connectivity index is 2.13. The third-order valence-corrected chi connectivity index (χ3v) is 3.61. The molecule has 0 saturated heterocycles. The molecular formula is C16H22N2O3. The number of ether oxygens (including phenoxy) is 2. The van der Waals surface area contributed by atoms with Gasteiger partial charge in [-0.15, -0.1) is 0 Å². The van der Waals surface area contributed by atoms with Gasteiger partial charge in [-0.1, -0.05) is 41.6 Å². The van der Waals surface area contributed by atoms with E-state index in [1.807, 2.05) is 25.1 Å². The van der Waals surface area contributed by atoms with E-state index in [1.165, 1.54) is 5.56 Å². The van der Waals surface area contributed by atoms with Crippen molar-refractivity contribution in [1.29, 1.82) is 0 Å². The van der Waals surface area contributed by atoms with Crippen LogP contribution in [0.1, 0.15) is 12.5 Å². The number of oxime groups is 1. The van der Waals surface area contributed by atoms with E-state index >= 15 is 0 Å². The molecule has 1 atom stereocenters. The van der Waals surface area contributed by atoms with Gasteiger partial charge >= 0.3 is 0 Å². The van der Waals surface area contributed by atoms with Crippen LogP contribution in [-0.2, 0) is 16.0 Å². The summed E-state index contributed by atoms with van der Waals surface area (Å²) in [5.41, 5.74) is 2.88. The van der Waals surface area contributed by atoms with Gasteiger partial charge in [0, 0.05) is 20.2 Å². The fourth-order valence-electron chi connectivity index (χ4n) is 2.49. The van der Waals surface area contributed by atoms with Crippen molar-refractivity contribution in [3.05, 3.63) is 47.5 Å². The van der Waals surface area contributed by atoms with Gasteiger partial charge in [0.2, 0.25) is 0 Å². The standard InChI is InChI=1S/C16H22N2O3/c1-13-8-9-18(10-14-6-4-3-5-7-14)15(16(13)17-19)11-21-12-20-2/h3-8,15,19H,9-12H2,1-2H3/b17-16+. The summed E-state index contributed by atoms with van der Waals surface area (Å²) in [5.74, 6) is 0. The topological polar surface area (TPSA) is 54.3 Å². The van der Waals surface area contributed by atoms with E-state index in [1.54, 1.807) is 7.11 Å². The highest BCUT2D eigenvalue weighted by Crippen LogP contribution is 2.19. The number of benzene rings is 1. The first-order valence-electron chi connectivity index (χ1n) is 7.00. The minimum atomic E-state index is -0.0737. The fraction of sp³-hybridized carbons (Fsp3) is 0.438. The van der Waals surface area contributed by atoms with Crippen molar-refractivity contribution in [2.24, 2.45) is 5.16 Å². The van der Waals surface area contributed by atoms with Gasteiger partial charge in [0.05, 0.1) is 12.6 Å². The Bertz CT molecular complexity index is 500. The molecule has 0 aliphatic carbocycles. The Kier molecular flexibility index (Phi) is 5.92. The van der Waals surface area contributed by atoms with Crippen LogP contribution in [0.5, 0.6) is 0 Å². The Hall–Kier alpha value is -1.69. The third kappa shape index (κ3) is 4.14. The van der Waals surface area contributed by atoms with Crippen LogP contribution >= 0.6 is 0 Å². The maximum Gasteiger partial charge on any atom is 0.146 e. The largest absolute Gasteiger partial charge is 0.411 e. The van der Waals surface area contributed by atoms with E-state index in [-0.39, 0.29) is 12.8 Å². The van der Waals surface area contributed by atoms with E-state index in [9.17, 15) is 5.21 Å². The van der Waals surface area contributed by atoms with Crippen LogP contribution < -0.4 is 0 Å². The normalized spacial score (nSPS) is 21.5. The average molecular weight is 290 g/mol. The average Bonchev–Trinajstić information content (AvgIpc) is 2.51. The first-order chi connectivity index (χ1) is 10.3. The van der Waals surface area contributed by atoms with Crippen LogP contribution in [0.4, 0.5) is 0 Å². The molecular weight excluding hydrogens is 268 g/mol. The lowest BCUT2D eigenvalue weighted by Crippen LogP contribution is -2.47. The van der Waals surface area contributed by atoms with Crippen molar-refractivity contribution in [3.8, 4) is 0 Å². The van der Waals surface area contributed by atoms with Crippen LogP contribution in [0, 0.1) is 0 Å². The van der Waals surface area contributed by atoms with Crippen LogP contribution in [0.25, 0.3) is 0 Å². The van der Waals surface area contributed by atoms with E-state index in [2.05, 4.69) is 28.3 Å². The predicted molar refractivity (Wildman–Crippen MR) is 81.4 cm³/mol. The molecule has 21 heavy (non-hydrogen) atoms. The zero-order chi connectivity index (χ0) is 15.1. The second kappa shape index (κ2) is 7.93. The highest BCUT2D eigenvalue weighted by atomic mass is 16.7. The Labute approximate surface area is 125 Å². The van der Waals surface area contributed by atoms with Crippen molar-refractivity contribution in [2.75, 3.05) is 27.1 Å². The first kappa shape index (κ1) is 15.7. The summed E-state index contributed by atoms with van der Waals surface area (Å²) in [6.45, 7) is 4.21. The van der Waals surface area contributed by atoms with Crippen molar-refractivity contribution in [2.45, 2.75) is 19.5 Å². The zero-order valence-electron chi connectivity index (χ0n) is 12.5. The van der Waals surface area contributed by atoms with Crippen LogP contribution in [0.2, 0.25) is 0 Å². The van der Waals surface area contributed by atoms with E-state index in [0.717, 1.165) is 18.7 Å². The molecule has 0 saturated carbocycles. The molecule has 1 aliphatic heterocycles. The number of nitrogens with zero attached hydrogens (tertiary/aromatic N) is 2. The van der Waals surface area contributed by atoms with Crippen molar-refractivity contribution in [1.82, 2.24) is 4.90 Å². The summed E-state index contributed by atoms with van der Waals surface area (Å²) >= 11 is 0. The quantitative estimate of drug-likeness (QED) is 0.378. The molecule has 1 unspecified atom stereocenters. The molecule has 1 N–H and O–H groups in total. The lowest BCUT2D eigenvalue weighted by Gasteiger charge is -2.34. The van der Waals surface area contributed by atoms with Crippen LogP contribution in [0.3, 0.4) is 0 Å². The predicted octanol–water partition coefficient (Wildman–Crippen LogP) is 2.27. The molecule has 0 fully saturated rings. The SMILES string of the molecule is COCOCC1/C(=N/O)C(C)=CCN1Cc1ccccc1. The molecule has 5 heteroatoms. The van der Waals surface area contributed by atoms with Gasteiger partial charge in [0.25, 0.3) is 0 Å². The summed E-state index contributed by atoms with van der Waals surface area (Å²) in [5, 5.41) is 12.8.